The fraction of sp³-hybridized carbons (Fsp3) is 0.843. The molecule has 1 atom stereocenters. The summed E-state index contributed by atoms with van der Waals surface area (Å²) in [5, 5.41) is 0. The number of hydrogen-bond acceptors (Lipinski definition) is 6. The molecule has 0 aliphatic carbocycles. The summed E-state index contributed by atoms with van der Waals surface area (Å²) in [6, 6.07) is 0. The molecule has 6 nitrogen and oxygen atoms in total. The summed E-state index contributed by atoms with van der Waals surface area (Å²) in [5.41, 5.74) is 0. The van der Waals surface area contributed by atoms with Gasteiger partial charge in [0.15, 0.2) is 6.10 Å². The third kappa shape index (κ3) is 62.2. The molecule has 0 aliphatic rings. The molecular weight excluding hydrogens is 937 g/mol. The Morgan fingerprint density at radius 3 is 0.763 bits per heavy atom. The number of carbonyl (C=O) groups excluding carboxylic acids is 3. The summed E-state index contributed by atoms with van der Waals surface area (Å²) < 4.78 is 16.9. The van der Waals surface area contributed by atoms with E-state index in [1.54, 1.807) is 0 Å². The van der Waals surface area contributed by atoms with Crippen molar-refractivity contribution in [2.45, 2.75) is 367 Å². The summed E-state index contributed by atoms with van der Waals surface area (Å²) in [7, 11) is 0. The number of hydrogen-bond donors (Lipinski definition) is 0. The summed E-state index contributed by atoms with van der Waals surface area (Å²) in [6.45, 7) is 6.64. The van der Waals surface area contributed by atoms with Crippen LogP contribution in [0, 0.1) is 0 Å². The second-order valence-electron chi connectivity index (χ2n) is 22.7. The molecule has 0 bridgehead atoms. The highest BCUT2D eigenvalue weighted by molar-refractivity contribution is 5.71. The molecule has 0 saturated heterocycles. The van der Waals surface area contributed by atoms with Crippen molar-refractivity contribution in [3.8, 4) is 0 Å². The third-order valence-corrected chi connectivity index (χ3v) is 15.0. The van der Waals surface area contributed by atoms with Crippen molar-refractivity contribution in [2.24, 2.45) is 0 Å². The average Bonchev–Trinajstić information content (AvgIpc) is 3.42. The molecule has 76 heavy (non-hydrogen) atoms. The molecule has 0 spiro atoms. The molecule has 0 amide bonds. The van der Waals surface area contributed by atoms with E-state index in [1.807, 2.05) is 0 Å². The minimum atomic E-state index is -0.783. The molecule has 6 heteroatoms. The fourth-order valence-electron chi connectivity index (χ4n) is 9.94. The maximum Gasteiger partial charge on any atom is 0.306 e. The molecule has 0 heterocycles. The van der Waals surface area contributed by atoms with E-state index >= 15 is 0 Å². The molecule has 0 aromatic heterocycles. The topological polar surface area (TPSA) is 78.9 Å². The first kappa shape index (κ1) is 73.4. The largest absolute Gasteiger partial charge is 0.462 e. The summed E-state index contributed by atoms with van der Waals surface area (Å²) in [5.74, 6) is -0.880. The van der Waals surface area contributed by atoms with Crippen LogP contribution in [0.5, 0.6) is 0 Å². The summed E-state index contributed by atoms with van der Waals surface area (Å²) in [6.07, 6.45) is 81.3. The molecule has 0 fully saturated rings. The van der Waals surface area contributed by atoms with E-state index in [0.29, 0.717) is 19.3 Å². The Labute approximate surface area is 473 Å². The molecular formula is C70H128O6. The van der Waals surface area contributed by atoms with Gasteiger partial charge in [-0.1, -0.05) is 288 Å². The highest BCUT2D eigenvalue weighted by Gasteiger charge is 2.19. The standard InChI is InChI=1S/C70H128O6/c1-4-7-10-13-16-19-22-25-28-30-31-32-33-34-35-36-37-38-39-40-43-45-48-51-54-57-60-63-69(72)75-66-67(65-74-68(71)62-59-56-53-50-47-44-41-27-24-21-18-15-12-9-6-3)76-70(73)64-61-58-55-52-49-46-42-29-26-23-20-17-14-11-8-5-2/h18,21,27,29-31,41-42,67H,4-17,19-20,22-26,28,32-40,43-66H2,1-3H3/b21-18-,31-30-,41-27-,42-29-. The Morgan fingerprint density at radius 2 is 0.474 bits per heavy atom. The van der Waals surface area contributed by atoms with Crippen molar-refractivity contribution in [1.82, 2.24) is 0 Å². The molecule has 444 valence electrons. The monoisotopic (exact) mass is 1060 g/mol. The number of ether oxygens (including phenoxy) is 3. The van der Waals surface area contributed by atoms with Crippen LogP contribution in [0.3, 0.4) is 0 Å². The number of esters is 3. The Balaban J connectivity index is 4.25. The van der Waals surface area contributed by atoms with Gasteiger partial charge in [0.1, 0.15) is 13.2 Å². The summed E-state index contributed by atoms with van der Waals surface area (Å²) >= 11 is 0. The van der Waals surface area contributed by atoms with Crippen molar-refractivity contribution >= 4 is 17.9 Å². The maximum absolute atomic E-state index is 12.9. The van der Waals surface area contributed by atoms with Crippen molar-refractivity contribution < 1.29 is 28.6 Å². The van der Waals surface area contributed by atoms with Gasteiger partial charge in [-0.3, -0.25) is 14.4 Å². The van der Waals surface area contributed by atoms with E-state index < -0.39 is 6.10 Å². The van der Waals surface area contributed by atoms with E-state index in [1.165, 1.54) is 238 Å². The molecule has 0 radical (unpaired) electrons. The lowest BCUT2D eigenvalue weighted by Crippen LogP contribution is -2.30. The highest BCUT2D eigenvalue weighted by atomic mass is 16.6. The van der Waals surface area contributed by atoms with Crippen LogP contribution < -0.4 is 0 Å². The van der Waals surface area contributed by atoms with Crippen LogP contribution in [0.1, 0.15) is 361 Å². The molecule has 0 rings (SSSR count). The van der Waals surface area contributed by atoms with Gasteiger partial charge in [0.25, 0.3) is 0 Å². The van der Waals surface area contributed by atoms with Gasteiger partial charge in [0.2, 0.25) is 0 Å². The SMILES string of the molecule is CCCCC/C=C\C/C=C\CCCCCCCC(=O)OCC(COC(=O)CCCCCCCCCCCCCCCCC/C=C\CCCCCCCCCC)OC(=O)CCCCCCC/C=C\CCCCCCCCC. The van der Waals surface area contributed by atoms with Crippen molar-refractivity contribution in [2.75, 3.05) is 13.2 Å². The lowest BCUT2D eigenvalue weighted by molar-refractivity contribution is -0.167. The van der Waals surface area contributed by atoms with Crippen LogP contribution in [0.4, 0.5) is 0 Å². The second-order valence-corrected chi connectivity index (χ2v) is 22.7. The highest BCUT2D eigenvalue weighted by Crippen LogP contribution is 2.17. The van der Waals surface area contributed by atoms with Gasteiger partial charge in [-0.25, -0.2) is 0 Å². The quantitative estimate of drug-likeness (QED) is 0.0261. The smallest absolute Gasteiger partial charge is 0.306 e. The van der Waals surface area contributed by atoms with Crippen LogP contribution in [-0.2, 0) is 28.6 Å². The molecule has 0 N–H and O–H groups in total. The van der Waals surface area contributed by atoms with E-state index in [-0.39, 0.29) is 31.1 Å². The molecule has 0 aliphatic heterocycles. The third-order valence-electron chi connectivity index (χ3n) is 15.0. The van der Waals surface area contributed by atoms with Crippen molar-refractivity contribution in [1.29, 1.82) is 0 Å². The number of allylic oxidation sites excluding steroid dienone is 8. The second kappa shape index (κ2) is 64.9. The van der Waals surface area contributed by atoms with Gasteiger partial charge in [-0.15, -0.1) is 0 Å². The van der Waals surface area contributed by atoms with E-state index in [9.17, 15) is 14.4 Å². The molecule has 0 aromatic carbocycles. The van der Waals surface area contributed by atoms with Gasteiger partial charge in [0.05, 0.1) is 0 Å². The van der Waals surface area contributed by atoms with Crippen molar-refractivity contribution in [3.63, 3.8) is 0 Å². The van der Waals surface area contributed by atoms with Crippen LogP contribution >= 0.6 is 0 Å². The zero-order valence-electron chi connectivity index (χ0n) is 51.0. The van der Waals surface area contributed by atoms with E-state index in [2.05, 4.69) is 69.4 Å². The van der Waals surface area contributed by atoms with Crippen molar-refractivity contribution in [3.05, 3.63) is 48.6 Å². The molecule has 0 saturated carbocycles. The number of rotatable bonds is 62. The van der Waals surface area contributed by atoms with Gasteiger partial charge < -0.3 is 14.2 Å². The summed E-state index contributed by atoms with van der Waals surface area (Å²) in [4.78, 5) is 38.3. The normalized spacial score (nSPS) is 12.3. The first-order valence-electron chi connectivity index (χ1n) is 33.6. The molecule has 0 aromatic rings. The average molecular weight is 1070 g/mol. The van der Waals surface area contributed by atoms with Crippen LogP contribution in [0.2, 0.25) is 0 Å². The zero-order valence-corrected chi connectivity index (χ0v) is 51.0. The minimum absolute atomic E-state index is 0.0780. The predicted molar refractivity (Wildman–Crippen MR) is 330 cm³/mol. The van der Waals surface area contributed by atoms with Gasteiger partial charge in [0, 0.05) is 19.3 Å². The fourth-order valence-corrected chi connectivity index (χ4v) is 9.94. The number of unbranched alkanes of at least 4 members (excludes halogenated alkanes) is 43. The van der Waals surface area contributed by atoms with Gasteiger partial charge >= 0.3 is 17.9 Å². The lowest BCUT2D eigenvalue weighted by Gasteiger charge is -2.18. The Kier molecular flexibility index (Phi) is 62.6. The van der Waals surface area contributed by atoms with E-state index in [4.69, 9.17) is 14.2 Å². The maximum atomic E-state index is 12.9. The zero-order chi connectivity index (χ0) is 55.0. The first-order chi connectivity index (χ1) is 37.5. The number of carbonyl (C=O) groups is 3. The molecule has 1 unspecified atom stereocenters. The van der Waals surface area contributed by atoms with Gasteiger partial charge in [-0.05, 0) is 103 Å². The van der Waals surface area contributed by atoms with Crippen LogP contribution in [-0.4, -0.2) is 37.2 Å². The Bertz CT molecular complexity index is 1310. The minimum Gasteiger partial charge on any atom is -0.462 e. The predicted octanol–water partition coefficient (Wildman–Crippen LogP) is 22.9. The Morgan fingerprint density at radius 1 is 0.263 bits per heavy atom. The van der Waals surface area contributed by atoms with Crippen LogP contribution in [0.25, 0.3) is 0 Å². The lowest BCUT2D eigenvalue weighted by atomic mass is 10.0. The van der Waals surface area contributed by atoms with Gasteiger partial charge in [-0.2, -0.15) is 0 Å². The van der Waals surface area contributed by atoms with E-state index in [0.717, 1.165) is 83.5 Å². The first-order valence-corrected chi connectivity index (χ1v) is 33.6. The Hall–Kier alpha value is -2.63. The van der Waals surface area contributed by atoms with Crippen LogP contribution in [0.15, 0.2) is 48.6 Å².